The van der Waals surface area contributed by atoms with E-state index in [2.05, 4.69) is 5.32 Å². The molecule has 1 unspecified atom stereocenters. The molecule has 2 aromatic carbocycles. The lowest BCUT2D eigenvalue weighted by Crippen LogP contribution is -2.10. The smallest absolute Gasteiger partial charge is 0.271 e. The molecule has 0 amide bonds. The molecular weight excluding hydrogens is 292 g/mol. The van der Waals surface area contributed by atoms with E-state index in [1.54, 1.807) is 18.2 Å². The molecule has 6 heteroatoms. The standard InChI is InChI=1S/C15H15ClN2O3/c1-2-14(10-3-6-12(19)7-4-10)17-15-8-5-11(18(20)21)9-13(15)16/h3-9,14,17,19H,2H2,1H3. The Balaban J connectivity index is 2.22. The summed E-state index contributed by atoms with van der Waals surface area (Å²) in [6, 6.07) is 11.2. The normalized spacial score (nSPS) is 11.9. The Kier molecular flexibility index (Phi) is 4.65. The maximum absolute atomic E-state index is 10.7. The van der Waals surface area contributed by atoms with E-state index in [0.29, 0.717) is 10.7 Å². The maximum Gasteiger partial charge on any atom is 0.271 e. The SMILES string of the molecule is CCC(Nc1ccc([N+](=O)[O-])cc1Cl)c1ccc(O)cc1. The average molecular weight is 307 g/mol. The molecule has 2 aromatic rings. The fourth-order valence-electron chi connectivity index (χ4n) is 2.05. The van der Waals surface area contributed by atoms with Gasteiger partial charge in [-0.2, -0.15) is 0 Å². The highest BCUT2D eigenvalue weighted by Gasteiger charge is 2.14. The van der Waals surface area contributed by atoms with Gasteiger partial charge in [-0.25, -0.2) is 0 Å². The third kappa shape index (κ3) is 3.64. The van der Waals surface area contributed by atoms with Gasteiger partial charge < -0.3 is 10.4 Å². The van der Waals surface area contributed by atoms with Crippen molar-refractivity contribution in [3.63, 3.8) is 0 Å². The summed E-state index contributed by atoms with van der Waals surface area (Å²) >= 11 is 6.08. The first-order valence-electron chi connectivity index (χ1n) is 6.50. The summed E-state index contributed by atoms with van der Waals surface area (Å²) in [4.78, 5) is 10.2. The Labute approximate surface area is 127 Å². The van der Waals surface area contributed by atoms with Crippen molar-refractivity contribution in [1.82, 2.24) is 0 Å². The number of nitrogens with zero attached hydrogens (tertiary/aromatic N) is 1. The molecule has 2 rings (SSSR count). The number of nitro benzene ring substituents is 1. The Hall–Kier alpha value is -2.27. The molecule has 0 aliphatic heterocycles. The predicted octanol–water partition coefficient (Wildman–Crippen LogP) is 4.52. The van der Waals surface area contributed by atoms with E-state index in [1.807, 2.05) is 19.1 Å². The van der Waals surface area contributed by atoms with E-state index in [1.165, 1.54) is 12.1 Å². The summed E-state index contributed by atoms with van der Waals surface area (Å²) < 4.78 is 0. The minimum Gasteiger partial charge on any atom is -0.508 e. The van der Waals surface area contributed by atoms with Crippen LogP contribution in [0.5, 0.6) is 5.75 Å². The van der Waals surface area contributed by atoms with Gasteiger partial charge in [-0.3, -0.25) is 10.1 Å². The van der Waals surface area contributed by atoms with Crippen LogP contribution in [0.25, 0.3) is 0 Å². The highest BCUT2D eigenvalue weighted by molar-refractivity contribution is 6.33. The quantitative estimate of drug-likeness (QED) is 0.629. The van der Waals surface area contributed by atoms with E-state index in [-0.39, 0.29) is 17.5 Å². The fourth-order valence-corrected chi connectivity index (χ4v) is 2.28. The Morgan fingerprint density at radius 2 is 1.95 bits per heavy atom. The molecule has 0 saturated heterocycles. The molecule has 0 bridgehead atoms. The fraction of sp³-hybridized carbons (Fsp3) is 0.200. The second-order valence-corrected chi connectivity index (χ2v) is 5.03. The third-order valence-corrected chi connectivity index (χ3v) is 3.51. The van der Waals surface area contributed by atoms with Crippen molar-refractivity contribution in [2.24, 2.45) is 0 Å². The van der Waals surface area contributed by atoms with Crippen LogP contribution in [0.15, 0.2) is 42.5 Å². The summed E-state index contributed by atoms with van der Waals surface area (Å²) in [7, 11) is 0. The van der Waals surface area contributed by atoms with Gasteiger partial charge in [0.05, 0.1) is 21.7 Å². The van der Waals surface area contributed by atoms with Gasteiger partial charge in [-0.15, -0.1) is 0 Å². The van der Waals surface area contributed by atoms with Crippen LogP contribution in [0.1, 0.15) is 24.9 Å². The predicted molar refractivity (Wildman–Crippen MR) is 82.9 cm³/mol. The molecule has 0 fully saturated rings. The number of non-ortho nitro benzene ring substituents is 1. The van der Waals surface area contributed by atoms with Gasteiger partial charge in [0.25, 0.3) is 5.69 Å². The minimum atomic E-state index is -0.479. The number of hydrogen-bond acceptors (Lipinski definition) is 4. The van der Waals surface area contributed by atoms with Gasteiger partial charge in [0.15, 0.2) is 0 Å². The summed E-state index contributed by atoms with van der Waals surface area (Å²) in [5, 5.41) is 23.6. The molecule has 0 spiro atoms. The van der Waals surface area contributed by atoms with Crippen LogP contribution in [0.2, 0.25) is 5.02 Å². The number of nitro groups is 1. The van der Waals surface area contributed by atoms with E-state index < -0.39 is 4.92 Å². The molecule has 0 aromatic heterocycles. The second kappa shape index (κ2) is 6.45. The molecule has 0 saturated carbocycles. The van der Waals surface area contributed by atoms with Crippen LogP contribution in [-0.4, -0.2) is 10.0 Å². The van der Waals surface area contributed by atoms with E-state index in [4.69, 9.17) is 11.6 Å². The van der Waals surface area contributed by atoms with Crippen molar-refractivity contribution in [1.29, 1.82) is 0 Å². The van der Waals surface area contributed by atoms with Gasteiger partial charge in [0.2, 0.25) is 0 Å². The van der Waals surface area contributed by atoms with Crippen LogP contribution in [0.3, 0.4) is 0 Å². The number of hydrogen-bond donors (Lipinski definition) is 2. The number of phenolic OH excluding ortho intramolecular Hbond substituents is 1. The molecule has 5 nitrogen and oxygen atoms in total. The van der Waals surface area contributed by atoms with Crippen molar-refractivity contribution in [2.75, 3.05) is 5.32 Å². The van der Waals surface area contributed by atoms with E-state index in [9.17, 15) is 15.2 Å². The summed E-state index contributed by atoms with van der Waals surface area (Å²) in [6.45, 7) is 2.02. The zero-order chi connectivity index (χ0) is 15.4. The van der Waals surface area contributed by atoms with E-state index >= 15 is 0 Å². The molecule has 0 aliphatic carbocycles. The van der Waals surface area contributed by atoms with Crippen molar-refractivity contribution >= 4 is 23.0 Å². The topological polar surface area (TPSA) is 75.4 Å². The highest BCUT2D eigenvalue weighted by atomic mass is 35.5. The molecule has 0 aliphatic rings. The third-order valence-electron chi connectivity index (χ3n) is 3.20. The zero-order valence-electron chi connectivity index (χ0n) is 11.4. The summed E-state index contributed by atoms with van der Waals surface area (Å²) in [6.07, 6.45) is 0.804. The molecule has 0 heterocycles. The van der Waals surface area contributed by atoms with Crippen LogP contribution in [0, 0.1) is 10.1 Å². The van der Waals surface area contributed by atoms with Crippen molar-refractivity contribution < 1.29 is 10.0 Å². The highest BCUT2D eigenvalue weighted by Crippen LogP contribution is 2.31. The van der Waals surface area contributed by atoms with Crippen molar-refractivity contribution in [3.8, 4) is 5.75 Å². The van der Waals surface area contributed by atoms with Gasteiger partial charge in [-0.05, 0) is 30.2 Å². The summed E-state index contributed by atoms with van der Waals surface area (Å²) in [5.74, 6) is 0.210. The maximum atomic E-state index is 10.7. The molecular formula is C15H15ClN2O3. The number of phenols is 1. The average Bonchev–Trinajstić information content (AvgIpc) is 2.47. The Bertz CT molecular complexity index is 644. The molecule has 2 N–H and O–H groups in total. The van der Waals surface area contributed by atoms with Gasteiger partial charge in [0.1, 0.15) is 5.75 Å². The molecule has 21 heavy (non-hydrogen) atoms. The monoisotopic (exact) mass is 306 g/mol. The lowest BCUT2D eigenvalue weighted by molar-refractivity contribution is -0.384. The molecule has 110 valence electrons. The van der Waals surface area contributed by atoms with Crippen molar-refractivity contribution in [3.05, 3.63) is 63.2 Å². The number of aromatic hydroxyl groups is 1. The number of benzene rings is 2. The number of rotatable bonds is 5. The van der Waals surface area contributed by atoms with Gasteiger partial charge in [-0.1, -0.05) is 30.7 Å². The number of anilines is 1. The van der Waals surface area contributed by atoms with Crippen molar-refractivity contribution in [2.45, 2.75) is 19.4 Å². The second-order valence-electron chi connectivity index (χ2n) is 4.62. The van der Waals surface area contributed by atoms with Crippen LogP contribution in [-0.2, 0) is 0 Å². The van der Waals surface area contributed by atoms with Crippen LogP contribution >= 0.6 is 11.6 Å². The molecule has 1 atom stereocenters. The number of nitrogens with one attached hydrogen (secondary N) is 1. The lowest BCUT2D eigenvalue weighted by atomic mass is 10.0. The van der Waals surface area contributed by atoms with E-state index in [0.717, 1.165) is 12.0 Å². The largest absolute Gasteiger partial charge is 0.508 e. The minimum absolute atomic E-state index is 0.00422. The first kappa shape index (κ1) is 15.1. The lowest BCUT2D eigenvalue weighted by Gasteiger charge is -2.19. The number of halogens is 1. The van der Waals surface area contributed by atoms with Gasteiger partial charge >= 0.3 is 0 Å². The Morgan fingerprint density at radius 1 is 1.29 bits per heavy atom. The summed E-state index contributed by atoms with van der Waals surface area (Å²) in [5.41, 5.74) is 1.61. The first-order valence-corrected chi connectivity index (χ1v) is 6.88. The zero-order valence-corrected chi connectivity index (χ0v) is 12.2. The van der Waals surface area contributed by atoms with Gasteiger partial charge in [0, 0.05) is 12.1 Å². The van der Waals surface area contributed by atoms with Crippen LogP contribution < -0.4 is 5.32 Å². The Morgan fingerprint density at radius 3 is 2.48 bits per heavy atom. The first-order chi connectivity index (χ1) is 10.0. The van der Waals surface area contributed by atoms with Crippen LogP contribution in [0.4, 0.5) is 11.4 Å². The molecule has 0 radical (unpaired) electrons.